The van der Waals surface area contributed by atoms with Gasteiger partial charge in [0.05, 0.1) is 5.54 Å². The smallest absolute Gasteiger partial charge is 0.278 e. The minimum absolute atomic E-state index is 0. The summed E-state index contributed by atoms with van der Waals surface area (Å²) in [6.45, 7) is 10.5. The van der Waals surface area contributed by atoms with Gasteiger partial charge in [-0.15, -0.1) is 12.4 Å². The highest BCUT2D eigenvalue weighted by molar-refractivity contribution is 5.85. The molecule has 7 heteroatoms. The molecular formula is C14H24ClN5O. The average Bonchev–Trinajstić information content (AvgIpc) is 2.94. The van der Waals surface area contributed by atoms with E-state index in [0.29, 0.717) is 17.8 Å². The van der Waals surface area contributed by atoms with Gasteiger partial charge in [-0.05, 0) is 47.7 Å². The Morgan fingerprint density at radius 2 is 2.05 bits per heavy atom. The summed E-state index contributed by atoms with van der Waals surface area (Å²) in [5.41, 5.74) is 1.75. The maximum absolute atomic E-state index is 5.31. The first kappa shape index (κ1) is 17.7. The van der Waals surface area contributed by atoms with E-state index >= 15 is 0 Å². The molecule has 2 rings (SSSR count). The molecule has 1 atom stereocenters. The van der Waals surface area contributed by atoms with Gasteiger partial charge in [-0.25, -0.2) is 0 Å². The zero-order valence-corrected chi connectivity index (χ0v) is 14.3. The lowest BCUT2D eigenvalue weighted by Crippen LogP contribution is -2.24. The highest BCUT2D eigenvalue weighted by Gasteiger charge is 2.20. The first-order valence-corrected chi connectivity index (χ1v) is 6.88. The SMILES string of the molecule is CNC(C)Cc1noc(-c2cc(C)n(C(C)(C)C)n2)n1.Cl. The van der Waals surface area contributed by atoms with Crippen LogP contribution in [0.4, 0.5) is 0 Å². The lowest BCUT2D eigenvalue weighted by Gasteiger charge is -2.20. The van der Waals surface area contributed by atoms with Gasteiger partial charge in [-0.2, -0.15) is 10.1 Å². The lowest BCUT2D eigenvalue weighted by atomic mass is 10.1. The highest BCUT2D eigenvalue weighted by Crippen LogP contribution is 2.22. The van der Waals surface area contributed by atoms with E-state index in [9.17, 15) is 0 Å². The second-order valence-corrected chi connectivity index (χ2v) is 6.16. The van der Waals surface area contributed by atoms with Crippen molar-refractivity contribution in [3.8, 4) is 11.6 Å². The number of hydrogen-bond acceptors (Lipinski definition) is 5. The predicted molar refractivity (Wildman–Crippen MR) is 84.7 cm³/mol. The van der Waals surface area contributed by atoms with E-state index in [1.165, 1.54) is 0 Å². The van der Waals surface area contributed by atoms with Gasteiger partial charge in [0.1, 0.15) is 0 Å². The Morgan fingerprint density at radius 1 is 1.38 bits per heavy atom. The van der Waals surface area contributed by atoms with Gasteiger partial charge in [-0.3, -0.25) is 4.68 Å². The van der Waals surface area contributed by atoms with Crippen LogP contribution in [0.25, 0.3) is 11.6 Å². The molecule has 0 spiro atoms. The number of rotatable bonds is 4. The molecule has 0 saturated carbocycles. The molecule has 2 heterocycles. The van der Waals surface area contributed by atoms with Crippen LogP contribution in [-0.4, -0.2) is 33.0 Å². The van der Waals surface area contributed by atoms with Crippen LogP contribution in [0.15, 0.2) is 10.6 Å². The molecule has 6 nitrogen and oxygen atoms in total. The van der Waals surface area contributed by atoms with Crippen LogP contribution >= 0.6 is 12.4 Å². The van der Waals surface area contributed by atoms with Crippen molar-refractivity contribution >= 4 is 12.4 Å². The molecule has 2 aromatic rings. The highest BCUT2D eigenvalue weighted by atomic mass is 35.5. The normalized spacial score (nSPS) is 13.0. The van der Waals surface area contributed by atoms with Crippen LogP contribution in [0.1, 0.15) is 39.2 Å². The largest absolute Gasteiger partial charge is 0.332 e. The zero-order valence-electron chi connectivity index (χ0n) is 13.5. The van der Waals surface area contributed by atoms with Gasteiger partial charge in [0, 0.05) is 18.2 Å². The van der Waals surface area contributed by atoms with E-state index in [4.69, 9.17) is 4.52 Å². The first-order valence-electron chi connectivity index (χ1n) is 6.88. The topological polar surface area (TPSA) is 68.8 Å². The molecule has 0 aromatic carbocycles. The summed E-state index contributed by atoms with van der Waals surface area (Å²) in [6.07, 6.45) is 0.735. The standard InChI is InChI=1S/C14H23N5O.ClH/c1-9(15-6)7-12-16-13(20-18-12)11-8-10(2)19(17-11)14(3,4)5;/h8-9,15H,7H2,1-6H3;1H. The molecule has 0 bridgehead atoms. The van der Waals surface area contributed by atoms with Crippen molar-refractivity contribution in [3.05, 3.63) is 17.6 Å². The van der Waals surface area contributed by atoms with Gasteiger partial charge in [0.2, 0.25) is 0 Å². The van der Waals surface area contributed by atoms with Crippen molar-refractivity contribution < 1.29 is 4.52 Å². The van der Waals surface area contributed by atoms with Crippen molar-refractivity contribution in [1.82, 2.24) is 25.2 Å². The summed E-state index contributed by atoms with van der Waals surface area (Å²) in [4.78, 5) is 4.41. The quantitative estimate of drug-likeness (QED) is 0.939. The maximum atomic E-state index is 5.31. The molecular weight excluding hydrogens is 290 g/mol. The minimum atomic E-state index is -0.0637. The summed E-state index contributed by atoms with van der Waals surface area (Å²) in [5, 5.41) is 11.7. The summed E-state index contributed by atoms with van der Waals surface area (Å²) in [7, 11) is 1.92. The molecule has 0 aliphatic carbocycles. The van der Waals surface area contributed by atoms with Crippen LogP contribution in [0.3, 0.4) is 0 Å². The predicted octanol–water partition coefficient (Wildman–Crippen LogP) is 2.57. The number of nitrogens with one attached hydrogen (secondary N) is 1. The van der Waals surface area contributed by atoms with E-state index in [1.54, 1.807) is 0 Å². The maximum Gasteiger partial charge on any atom is 0.278 e. The van der Waals surface area contributed by atoms with E-state index in [-0.39, 0.29) is 17.9 Å². The second kappa shape index (κ2) is 6.58. The monoisotopic (exact) mass is 313 g/mol. The average molecular weight is 314 g/mol. The van der Waals surface area contributed by atoms with Crippen molar-refractivity contribution in [2.45, 2.75) is 52.6 Å². The molecule has 1 unspecified atom stereocenters. The van der Waals surface area contributed by atoms with Gasteiger partial charge in [0.25, 0.3) is 5.89 Å². The number of aromatic nitrogens is 4. The third-order valence-corrected chi connectivity index (χ3v) is 3.19. The molecule has 118 valence electrons. The fraction of sp³-hybridized carbons (Fsp3) is 0.643. The van der Waals surface area contributed by atoms with E-state index < -0.39 is 0 Å². The Hall–Kier alpha value is -1.40. The van der Waals surface area contributed by atoms with E-state index in [2.05, 4.69) is 48.3 Å². The lowest BCUT2D eigenvalue weighted by molar-refractivity contribution is 0.347. The summed E-state index contributed by atoms with van der Waals surface area (Å²) in [6, 6.07) is 2.29. The molecule has 21 heavy (non-hydrogen) atoms. The third-order valence-electron chi connectivity index (χ3n) is 3.19. The van der Waals surface area contributed by atoms with Crippen LogP contribution in [0.5, 0.6) is 0 Å². The number of aryl methyl sites for hydroxylation is 1. The van der Waals surface area contributed by atoms with E-state index in [1.807, 2.05) is 24.7 Å². The number of halogens is 1. The number of hydrogen-bond donors (Lipinski definition) is 1. The Bertz CT molecular complexity index is 584. The second-order valence-electron chi connectivity index (χ2n) is 6.16. The summed E-state index contributed by atoms with van der Waals surface area (Å²) < 4.78 is 7.29. The third kappa shape index (κ3) is 4.04. The van der Waals surface area contributed by atoms with Crippen LogP contribution < -0.4 is 5.32 Å². The Labute approximate surface area is 131 Å². The van der Waals surface area contributed by atoms with Crippen LogP contribution in [-0.2, 0) is 12.0 Å². The Kier molecular flexibility index (Phi) is 5.53. The van der Waals surface area contributed by atoms with Crippen molar-refractivity contribution in [3.63, 3.8) is 0 Å². The molecule has 0 aliphatic heterocycles. The van der Waals surface area contributed by atoms with Crippen molar-refractivity contribution in [1.29, 1.82) is 0 Å². The summed E-state index contributed by atoms with van der Waals surface area (Å²) in [5.74, 6) is 1.18. The molecule has 0 radical (unpaired) electrons. The minimum Gasteiger partial charge on any atom is -0.332 e. The fourth-order valence-electron chi connectivity index (χ4n) is 2.07. The Morgan fingerprint density at radius 3 is 2.57 bits per heavy atom. The molecule has 0 aliphatic rings. The molecule has 1 N–H and O–H groups in total. The molecule has 0 fully saturated rings. The van der Waals surface area contributed by atoms with Gasteiger partial charge in [-0.1, -0.05) is 5.16 Å². The van der Waals surface area contributed by atoms with Crippen molar-refractivity contribution in [2.75, 3.05) is 7.05 Å². The van der Waals surface area contributed by atoms with Gasteiger partial charge < -0.3 is 9.84 Å². The van der Waals surface area contributed by atoms with E-state index in [0.717, 1.165) is 17.8 Å². The fourth-order valence-corrected chi connectivity index (χ4v) is 2.07. The zero-order chi connectivity index (χ0) is 14.9. The molecule has 0 amide bonds. The van der Waals surface area contributed by atoms with Crippen LogP contribution in [0.2, 0.25) is 0 Å². The van der Waals surface area contributed by atoms with Crippen molar-refractivity contribution in [2.24, 2.45) is 0 Å². The summed E-state index contributed by atoms with van der Waals surface area (Å²) >= 11 is 0. The first-order chi connectivity index (χ1) is 9.31. The number of nitrogens with zero attached hydrogens (tertiary/aromatic N) is 4. The number of likely N-dealkylation sites (N-methyl/N-ethyl adjacent to an activating group) is 1. The molecule has 2 aromatic heterocycles. The van der Waals surface area contributed by atoms with Gasteiger partial charge in [0.15, 0.2) is 11.5 Å². The van der Waals surface area contributed by atoms with Crippen LogP contribution in [0, 0.1) is 6.92 Å². The van der Waals surface area contributed by atoms with Gasteiger partial charge >= 0.3 is 0 Å². The molecule has 0 saturated heterocycles. The Balaban J connectivity index is 0.00000220.